The summed E-state index contributed by atoms with van der Waals surface area (Å²) in [5.74, 6) is 0.259. The molecule has 0 aromatic heterocycles. The molecule has 1 saturated carbocycles. The van der Waals surface area contributed by atoms with Crippen molar-refractivity contribution in [1.82, 2.24) is 5.32 Å². The van der Waals surface area contributed by atoms with Crippen LogP contribution < -0.4 is 5.32 Å². The zero-order valence-electron chi connectivity index (χ0n) is 8.40. The van der Waals surface area contributed by atoms with Crippen molar-refractivity contribution >= 4 is 40.7 Å². The SMILES string of the molecule is O=C(NC1(CCl)CC1)c1cc(Cl)cc(Cl)c1. The van der Waals surface area contributed by atoms with Gasteiger partial charge in [-0.15, -0.1) is 11.6 Å². The van der Waals surface area contributed by atoms with E-state index in [1.807, 2.05) is 0 Å². The van der Waals surface area contributed by atoms with Gasteiger partial charge in [0.05, 0.1) is 5.54 Å². The molecule has 1 aliphatic carbocycles. The number of carbonyl (C=O) groups is 1. The second-order valence-corrected chi connectivity index (χ2v) is 5.17. The average Bonchev–Trinajstić information content (AvgIpc) is 2.97. The maximum absolute atomic E-state index is 11.9. The van der Waals surface area contributed by atoms with Crippen molar-refractivity contribution in [3.05, 3.63) is 33.8 Å². The molecule has 0 unspecified atom stereocenters. The Morgan fingerprint density at radius 1 is 1.25 bits per heavy atom. The van der Waals surface area contributed by atoms with Gasteiger partial charge in [0, 0.05) is 21.5 Å². The van der Waals surface area contributed by atoms with E-state index >= 15 is 0 Å². The van der Waals surface area contributed by atoms with Gasteiger partial charge < -0.3 is 5.32 Å². The molecule has 1 aliphatic rings. The predicted octanol–water partition coefficient (Wildman–Crippen LogP) is 3.49. The molecule has 2 nitrogen and oxygen atoms in total. The summed E-state index contributed by atoms with van der Waals surface area (Å²) in [7, 11) is 0. The van der Waals surface area contributed by atoms with Crippen LogP contribution in [0.25, 0.3) is 0 Å². The molecule has 0 saturated heterocycles. The number of benzene rings is 1. The lowest BCUT2D eigenvalue weighted by Crippen LogP contribution is -2.38. The lowest BCUT2D eigenvalue weighted by atomic mass is 10.2. The Bertz CT molecular complexity index is 409. The lowest BCUT2D eigenvalue weighted by Gasteiger charge is -2.14. The summed E-state index contributed by atoms with van der Waals surface area (Å²) in [5.41, 5.74) is 0.252. The van der Waals surface area contributed by atoms with Crippen LogP contribution in [-0.2, 0) is 0 Å². The molecule has 86 valence electrons. The molecule has 5 heteroatoms. The zero-order chi connectivity index (χ0) is 11.8. The molecule has 0 heterocycles. The Labute approximate surface area is 109 Å². The molecule has 1 amide bonds. The van der Waals surface area contributed by atoms with Gasteiger partial charge >= 0.3 is 0 Å². The number of rotatable bonds is 3. The molecule has 0 spiro atoms. The van der Waals surface area contributed by atoms with E-state index < -0.39 is 0 Å². The van der Waals surface area contributed by atoms with Gasteiger partial charge in [0.2, 0.25) is 0 Å². The summed E-state index contributed by atoms with van der Waals surface area (Å²) in [6.07, 6.45) is 1.85. The quantitative estimate of drug-likeness (QED) is 0.843. The third-order valence-corrected chi connectivity index (χ3v) is 3.56. The normalized spacial score (nSPS) is 16.9. The van der Waals surface area contributed by atoms with Gasteiger partial charge in [-0.05, 0) is 31.0 Å². The number of alkyl halides is 1. The van der Waals surface area contributed by atoms with Gasteiger partial charge in [0.1, 0.15) is 0 Å². The zero-order valence-corrected chi connectivity index (χ0v) is 10.7. The first-order valence-electron chi connectivity index (χ1n) is 4.89. The van der Waals surface area contributed by atoms with E-state index in [4.69, 9.17) is 34.8 Å². The van der Waals surface area contributed by atoms with Crippen molar-refractivity contribution in [2.24, 2.45) is 0 Å². The molecule has 1 aromatic rings. The Morgan fingerprint density at radius 3 is 2.25 bits per heavy atom. The van der Waals surface area contributed by atoms with Crippen molar-refractivity contribution < 1.29 is 4.79 Å². The summed E-state index contributed by atoms with van der Waals surface area (Å²) in [6, 6.07) is 4.77. The predicted molar refractivity (Wildman–Crippen MR) is 66.6 cm³/mol. The molecular weight excluding hydrogens is 268 g/mol. The fourth-order valence-corrected chi connectivity index (χ4v) is 2.30. The van der Waals surface area contributed by atoms with Crippen LogP contribution in [-0.4, -0.2) is 17.3 Å². The van der Waals surface area contributed by atoms with Crippen LogP contribution in [0.1, 0.15) is 23.2 Å². The maximum Gasteiger partial charge on any atom is 0.251 e. The van der Waals surface area contributed by atoms with E-state index in [9.17, 15) is 4.79 Å². The molecule has 1 N–H and O–H groups in total. The number of halogens is 3. The molecule has 0 atom stereocenters. The molecule has 16 heavy (non-hydrogen) atoms. The highest BCUT2D eigenvalue weighted by Gasteiger charge is 2.43. The highest BCUT2D eigenvalue weighted by atomic mass is 35.5. The summed E-state index contributed by atoms with van der Waals surface area (Å²) >= 11 is 17.4. The van der Waals surface area contributed by atoms with Crippen LogP contribution in [0.2, 0.25) is 10.0 Å². The first-order chi connectivity index (χ1) is 7.54. The van der Waals surface area contributed by atoms with Gasteiger partial charge in [0.25, 0.3) is 5.91 Å². The smallest absolute Gasteiger partial charge is 0.251 e. The van der Waals surface area contributed by atoms with E-state index in [2.05, 4.69) is 5.32 Å². The first-order valence-corrected chi connectivity index (χ1v) is 6.18. The van der Waals surface area contributed by atoms with Crippen molar-refractivity contribution in [3.63, 3.8) is 0 Å². The van der Waals surface area contributed by atoms with Crippen LogP contribution >= 0.6 is 34.8 Å². The minimum Gasteiger partial charge on any atom is -0.345 e. The molecule has 2 rings (SSSR count). The first kappa shape index (κ1) is 12.0. The largest absolute Gasteiger partial charge is 0.345 e. The van der Waals surface area contributed by atoms with Crippen LogP contribution in [0.5, 0.6) is 0 Å². The highest BCUT2D eigenvalue weighted by molar-refractivity contribution is 6.35. The van der Waals surface area contributed by atoms with E-state index in [0.717, 1.165) is 12.8 Å². The van der Waals surface area contributed by atoms with Crippen molar-refractivity contribution in [1.29, 1.82) is 0 Å². The van der Waals surface area contributed by atoms with Gasteiger partial charge in [0.15, 0.2) is 0 Å². The average molecular weight is 279 g/mol. The number of hydrogen-bond acceptors (Lipinski definition) is 1. The van der Waals surface area contributed by atoms with Crippen LogP contribution in [0.4, 0.5) is 0 Å². The summed E-state index contributed by atoms with van der Waals surface area (Å²) in [5, 5.41) is 3.80. The maximum atomic E-state index is 11.9. The van der Waals surface area contributed by atoms with Crippen LogP contribution in [0.3, 0.4) is 0 Å². The van der Waals surface area contributed by atoms with E-state index in [0.29, 0.717) is 21.5 Å². The topological polar surface area (TPSA) is 29.1 Å². The number of carbonyl (C=O) groups excluding carboxylic acids is 1. The third-order valence-electron chi connectivity index (χ3n) is 2.61. The molecule has 0 radical (unpaired) electrons. The molecule has 1 fully saturated rings. The molecule has 0 aliphatic heterocycles. The van der Waals surface area contributed by atoms with E-state index in [-0.39, 0.29) is 11.4 Å². The Balaban J connectivity index is 2.14. The van der Waals surface area contributed by atoms with Crippen LogP contribution in [0, 0.1) is 0 Å². The molecule has 1 aromatic carbocycles. The number of amides is 1. The molecule has 0 bridgehead atoms. The standard InChI is InChI=1S/C11H10Cl3NO/c12-6-11(1-2-11)15-10(16)7-3-8(13)5-9(14)4-7/h3-5H,1-2,6H2,(H,15,16). The Morgan fingerprint density at radius 2 is 1.81 bits per heavy atom. The summed E-state index contributed by atoms with van der Waals surface area (Å²) in [4.78, 5) is 11.9. The minimum absolute atomic E-state index is 0.178. The summed E-state index contributed by atoms with van der Waals surface area (Å²) in [6.45, 7) is 0. The van der Waals surface area contributed by atoms with Crippen molar-refractivity contribution in [2.45, 2.75) is 18.4 Å². The minimum atomic E-state index is -0.215. The molecular formula is C11H10Cl3NO. The fraction of sp³-hybridized carbons (Fsp3) is 0.364. The van der Waals surface area contributed by atoms with Gasteiger partial charge in [-0.1, -0.05) is 23.2 Å². The van der Waals surface area contributed by atoms with E-state index in [1.165, 1.54) is 0 Å². The van der Waals surface area contributed by atoms with Gasteiger partial charge in [-0.25, -0.2) is 0 Å². The van der Waals surface area contributed by atoms with Gasteiger partial charge in [-0.2, -0.15) is 0 Å². The number of nitrogens with one attached hydrogen (secondary N) is 1. The second-order valence-electron chi connectivity index (χ2n) is 4.03. The second kappa shape index (κ2) is 4.44. The van der Waals surface area contributed by atoms with Crippen molar-refractivity contribution in [2.75, 3.05) is 5.88 Å². The lowest BCUT2D eigenvalue weighted by molar-refractivity contribution is 0.0936. The van der Waals surface area contributed by atoms with Gasteiger partial charge in [-0.3, -0.25) is 4.79 Å². The highest BCUT2D eigenvalue weighted by Crippen LogP contribution is 2.36. The number of hydrogen-bond donors (Lipinski definition) is 1. The summed E-state index contributed by atoms with van der Waals surface area (Å²) < 4.78 is 0. The van der Waals surface area contributed by atoms with E-state index in [1.54, 1.807) is 18.2 Å². The Kier molecular flexibility index (Phi) is 3.34. The van der Waals surface area contributed by atoms with Crippen LogP contribution in [0.15, 0.2) is 18.2 Å². The monoisotopic (exact) mass is 277 g/mol. The Hall–Kier alpha value is -0.440. The van der Waals surface area contributed by atoms with Crippen molar-refractivity contribution in [3.8, 4) is 0 Å². The third kappa shape index (κ3) is 2.62. The fourth-order valence-electron chi connectivity index (χ4n) is 1.44.